The highest BCUT2D eigenvalue weighted by Gasteiger charge is 2.11. The van der Waals surface area contributed by atoms with E-state index in [4.69, 9.17) is 0 Å². The first-order valence-corrected chi connectivity index (χ1v) is 6.79. The van der Waals surface area contributed by atoms with E-state index >= 15 is 0 Å². The number of aryl methyl sites for hydroxylation is 1. The Balaban J connectivity index is 2.13. The first-order valence-electron chi connectivity index (χ1n) is 6.79. The quantitative estimate of drug-likeness (QED) is 0.749. The molecule has 3 rings (SSSR count). The molecule has 2 aromatic heterocycles. The third kappa shape index (κ3) is 2.05. The predicted octanol–water partition coefficient (Wildman–Crippen LogP) is 4.08. The Morgan fingerprint density at radius 2 is 2.16 bits per heavy atom. The third-order valence-corrected chi connectivity index (χ3v) is 3.90. The first kappa shape index (κ1) is 12.0. The Morgan fingerprint density at radius 3 is 2.84 bits per heavy atom. The number of hydrogen-bond donors (Lipinski definition) is 1. The molecule has 1 aromatic carbocycles. The summed E-state index contributed by atoms with van der Waals surface area (Å²) in [7, 11) is 1.95. The van der Waals surface area contributed by atoms with Crippen molar-refractivity contribution in [1.29, 1.82) is 0 Å². The van der Waals surface area contributed by atoms with E-state index in [0.717, 1.165) is 6.42 Å². The second-order valence-electron chi connectivity index (χ2n) is 5.22. The van der Waals surface area contributed by atoms with Crippen molar-refractivity contribution in [3.8, 4) is 11.1 Å². The summed E-state index contributed by atoms with van der Waals surface area (Å²) in [6.07, 6.45) is 7.27. The van der Waals surface area contributed by atoms with Crippen LogP contribution in [0, 0.1) is 0 Å². The predicted molar refractivity (Wildman–Crippen MR) is 79.2 cm³/mol. The number of H-pyrrole nitrogens is 1. The Labute approximate surface area is 113 Å². The van der Waals surface area contributed by atoms with E-state index in [1.807, 2.05) is 17.9 Å². The highest BCUT2D eigenvalue weighted by molar-refractivity contribution is 5.88. The molecular formula is C16H19N3. The lowest BCUT2D eigenvalue weighted by Crippen LogP contribution is -1.89. The van der Waals surface area contributed by atoms with Crippen LogP contribution < -0.4 is 0 Å². The van der Waals surface area contributed by atoms with Crippen LogP contribution in [0.15, 0.2) is 36.8 Å². The number of fused-ring (bicyclic) bond motifs is 1. The Hall–Kier alpha value is -2.03. The molecule has 98 valence electrons. The van der Waals surface area contributed by atoms with Crippen molar-refractivity contribution in [2.24, 2.45) is 7.05 Å². The highest BCUT2D eigenvalue weighted by atomic mass is 15.2. The van der Waals surface area contributed by atoms with E-state index in [-0.39, 0.29) is 0 Å². The third-order valence-electron chi connectivity index (χ3n) is 3.90. The van der Waals surface area contributed by atoms with Crippen LogP contribution in [0.4, 0.5) is 0 Å². The summed E-state index contributed by atoms with van der Waals surface area (Å²) in [6.45, 7) is 4.51. The summed E-state index contributed by atoms with van der Waals surface area (Å²) < 4.78 is 1.84. The van der Waals surface area contributed by atoms with E-state index in [1.165, 1.54) is 27.6 Å². The van der Waals surface area contributed by atoms with Crippen LogP contribution in [0.5, 0.6) is 0 Å². The van der Waals surface area contributed by atoms with Gasteiger partial charge in [0.2, 0.25) is 0 Å². The van der Waals surface area contributed by atoms with Crippen LogP contribution in [0.25, 0.3) is 22.0 Å². The fraction of sp³-hybridized carbons (Fsp3) is 0.312. The number of hydrogen-bond acceptors (Lipinski definition) is 1. The van der Waals surface area contributed by atoms with Gasteiger partial charge in [0.1, 0.15) is 0 Å². The lowest BCUT2D eigenvalue weighted by atomic mass is 9.96. The van der Waals surface area contributed by atoms with Crippen molar-refractivity contribution in [1.82, 2.24) is 14.8 Å². The van der Waals surface area contributed by atoms with Gasteiger partial charge in [-0.2, -0.15) is 5.10 Å². The maximum absolute atomic E-state index is 4.24. The van der Waals surface area contributed by atoms with Crippen LogP contribution in [0.2, 0.25) is 0 Å². The molecule has 0 amide bonds. The average Bonchev–Trinajstić information content (AvgIpc) is 3.03. The summed E-state index contributed by atoms with van der Waals surface area (Å²) in [5.41, 5.74) is 5.01. The van der Waals surface area contributed by atoms with Gasteiger partial charge < -0.3 is 4.98 Å². The van der Waals surface area contributed by atoms with Gasteiger partial charge >= 0.3 is 0 Å². The van der Waals surface area contributed by atoms with Crippen LogP contribution in [0.1, 0.15) is 31.7 Å². The molecule has 0 aliphatic rings. The molecule has 0 spiro atoms. The van der Waals surface area contributed by atoms with Gasteiger partial charge in [0, 0.05) is 35.9 Å². The smallest absolute Gasteiger partial charge is 0.0568 e. The molecule has 0 fully saturated rings. The average molecular weight is 253 g/mol. The van der Waals surface area contributed by atoms with E-state index in [9.17, 15) is 0 Å². The van der Waals surface area contributed by atoms with Gasteiger partial charge in [-0.3, -0.25) is 4.68 Å². The molecule has 2 heterocycles. The summed E-state index contributed by atoms with van der Waals surface area (Å²) in [5, 5.41) is 5.57. The number of aromatic amines is 1. The summed E-state index contributed by atoms with van der Waals surface area (Å²) in [6, 6.07) is 6.57. The zero-order valence-electron chi connectivity index (χ0n) is 11.6. The van der Waals surface area contributed by atoms with Crippen molar-refractivity contribution in [2.45, 2.75) is 26.2 Å². The molecule has 3 aromatic rings. The molecule has 3 heteroatoms. The number of nitrogens with one attached hydrogen (secondary N) is 1. The van der Waals surface area contributed by atoms with Gasteiger partial charge in [0.05, 0.1) is 6.20 Å². The Kier molecular flexibility index (Phi) is 2.90. The maximum Gasteiger partial charge on any atom is 0.0568 e. The highest BCUT2D eigenvalue weighted by Crippen LogP contribution is 2.30. The van der Waals surface area contributed by atoms with Crippen molar-refractivity contribution >= 4 is 10.9 Å². The fourth-order valence-electron chi connectivity index (χ4n) is 2.52. The van der Waals surface area contributed by atoms with E-state index in [1.54, 1.807) is 0 Å². The number of rotatable bonds is 3. The molecule has 0 aliphatic heterocycles. The Morgan fingerprint density at radius 1 is 1.32 bits per heavy atom. The SMILES string of the molecule is CCC(C)c1c[nH]c2ccc(-c3cnn(C)c3)cc12. The van der Waals surface area contributed by atoms with Gasteiger partial charge in [-0.1, -0.05) is 19.9 Å². The maximum atomic E-state index is 4.24. The normalized spacial score (nSPS) is 13.0. The lowest BCUT2D eigenvalue weighted by Gasteiger charge is -2.07. The number of nitrogens with zero attached hydrogens (tertiary/aromatic N) is 2. The Bertz CT molecular complexity index is 706. The van der Waals surface area contributed by atoms with Gasteiger partial charge in [-0.25, -0.2) is 0 Å². The van der Waals surface area contributed by atoms with Crippen molar-refractivity contribution in [3.63, 3.8) is 0 Å². The standard InChI is InChI=1S/C16H19N3/c1-4-11(2)15-9-17-16-6-5-12(7-14(15)16)13-8-18-19(3)10-13/h5-11,17H,4H2,1-3H3. The monoisotopic (exact) mass is 253 g/mol. The van der Waals surface area contributed by atoms with Crippen LogP contribution in [0.3, 0.4) is 0 Å². The van der Waals surface area contributed by atoms with Crippen LogP contribution in [-0.2, 0) is 7.05 Å². The molecular weight excluding hydrogens is 234 g/mol. The van der Waals surface area contributed by atoms with Crippen LogP contribution >= 0.6 is 0 Å². The van der Waals surface area contributed by atoms with Gasteiger partial charge in [-0.05, 0) is 35.6 Å². The lowest BCUT2D eigenvalue weighted by molar-refractivity contribution is 0.739. The van der Waals surface area contributed by atoms with E-state index in [0.29, 0.717) is 5.92 Å². The molecule has 0 aliphatic carbocycles. The minimum absolute atomic E-state index is 0.581. The zero-order chi connectivity index (χ0) is 13.4. The van der Waals surface area contributed by atoms with E-state index < -0.39 is 0 Å². The van der Waals surface area contributed by atoms with Crippen molar-refractivity contribution < 1.29 is 0 Å². The van der Waals surface area contributed by atoms with Crippen molar-refractivity contribution in [2.75, 3.05) is 0 Å². The molecule has 1 unspecified atom stereocenters. The molecule has 0 saturated heterocycles. The number of benzene rings is 1. The minimum atomic E-state index is 0.581. The second kappa shape index (κ2) is 4.57. The molecule has 0 bridgehead atoms. The van der Waals surface area contributed by atoms with E-state index in [2.05, 4.69) is 54.5 Å². The van der Waals surface area contributed by atoms with Gasteiger partial charge in [0.15, 0.2) is 0 Å². The largest absolute Gasteiger partial charge is 0.361 e. The second-order valence-corrected chi connectivity index (χ2v) is 5.22. The summed E-state index contributed by atoms with van der Waals surface area (Å²) in [5.74, 6) is 0.581. The van der Waals surface area contributed by atoms with Crippen molar-refractivity contribution in [3.05, 3.63) is 42.4 Å². The zero-order valence-corrected chi connectivity index (χ0v) is 11.6. The molecule has 19 heavy (non-hydrogen) atoms. The molecule has 3 nitrogen and oxygen atoms in total. The summed E-state index contributed by atoms with van der Waals surface area (Å²) >= 11 is 0. The molecule has 1 atom stereocenters. The topological polar surface area (TPSA) is 33.6 Å². The molecule has 1 N–H and O–H groups in total. The van der Waals surface area contributed by atoms with Gasteiger partial charge in [-0.15, -0.1) is 0 Å². The first-order chi connectivity index (χ1) is 9.19. The summed E-state index contributed by atoms with van der Waals surface area (Å²) in [4.78, 5) is 3.37. The number of aromatic nitrogens is 3. The molecule has 0 saturated carbocycles. The minimum Gasteiger partial charge on any atom is -0.361 e. The molecule has 0 radical (unpaired) electrons. The van der Waals surface area contributed by atoms with Gasteiger partial charge in [0.25, 0.3) is 0 Å². The fourth-order valence-corrected chi connectivity index (χ4v) is 2.52. The van der Waals surface area contributed by atoms with Crippen LogP contribution in [-0.4, -0.2) is 14.8 Å².